The lowest BCUT2D eigenvalue weighted by molar-refractivity contribution is 0.324. The van der Waals surface area contributed by atoms with Gasteiger partial charge < -0.3 is 10.3 Å². The van der Waals surface area contributed by atoms with Gasteiger partial charge in [0.25, 0.3) is 0 Å². The van der Waals surface area contributed by atoms with Gasteiger partial charge in [0.15, 0.2) is 5.82 Å². The molecule has 1 aromatic heterocycles. The van der Waals surface area contributed by atoms with Crippen LogP contribution in [-0.2, 0) is 0 Å². The van der Waals surface area contributed by atoms with Gasteiger partial charge in [-0.2, -0.15) is 0 Å². The fourth-order valence-corrected chi connectivity index (χ4v) is 2.17. The standard InChI is InChI=1S/C11H11F2N3/c12-6-4-8(13)10-9(5-6)16(11(14)15-10)7-2-1-3-7/h4-5,7H,1-3H2,(H2,14,15). The predicted octanol–water partition coefficient (Wildman–Crippen LogP) is 2.62. The largest absolute Gasteiger partial charge is 0.369 e. The van der Waals surface area contributed by atoms with Crippen LogP contribution in [0.5, 0.6) is 0 Å². The molecule has 3 nitrogen and oxygen atoms in total. The summed E-state index contributed by atoms with van der Waals surface area (Å²) in [5, 5.41) is 0. The van der Waals surface area contributed by atoms with Crippen LogP contribution >= 0.6 is 0 Å². The van der Waals surface area contributed by atoms with Crippen molar-refractivity contribution in [1.82, 2.24) is 9.55 Å². The molecule has 0 radical (unpaired) electrons. The minimum Gasteiger partial charge on any atom is -0.369 e. The first kappa shape index (κ1) is 9.57. The van der Waals surface area contributed by atoms with E-state index in [4.69, 9.17) is 5.73 Å². The minimum absolute atomic E-state index is 0.158. The van der Waals surface area contributed by atoms with E-state index in [9.17, 15) is 8.78 Å². The molecule has 1 aliphatic carbocycles. The van der Waals surface area contributed by atoms with Crippen molar-refractivity contribution >= 4 is 17.0 Å². The summed E-state index contributed by atoms with van der Waals surface area (Å²) in [7, 11) is 0. The molecule has 0 unspecified atom stereocenters. The second kappa shape index (κ2) is 3.17. The molecule has 1 saturated carbocycles. The molecule has 0 amide bonds. The van der Waals surface area contributed by atoms with E-state index in [1.165, 1.54) is 6.07 Å². The average molecular weight is 223 g/mol. The highest BCUT2D eigenvalue weighted by Gasteiger charge is 2.24. The SMILES string of the molecule is Nc1nc2c(F)cc(F)cc2n1C1CCC1. The molecule has 1 fully saturated rings. The Morgan fingerprint density at radius 3 is 2.69 bits per heavy atom. The first-order valence-electron chi connectivity index (χ1n) is 5.29. The third-order valence-electron chi connectivity index (χ3n) is 3.18. The lowest BCUT2D eigenvalue weighted by Crippen LogP contribution is -2.18. The number of nitrogens with zero attached hydrogens (tertiary/aromatic N) is 2. The summed E-state index contributed by atoms with van der Waals surface area (Å²) >= 11 is 0. The normalized spacial score (nSPS) is 16.6. The van der Waals surface area contributed by atoms with E-state index in [0.717, 1.165) is 25.3 Å². The van der Waals surface area contributed by atoms with Crippen molar-refractivity contribution in [2.45, 2.75) is 25.3 Å². The Hall–Kier alpha value is -1.65. The lowest BCUT2D eigenvalue weighted by atomic mass is 9.93. The Bertz CT molecular complexity index is 558. The van der Waals surface area contributed by atoms with Crippen LogP contribution in [0.4, 0.5) is 14.7 Å². The quantitative estimate of drug-likeness (QED) is 0.807. The highest BCUT2D eigenvalue weighted by molar-refractivity contribution is 5.79. The topological polar surface area (TPSA) is 43.8 Å². The maximum absolute atomic E-state index is 13.5. The maximum Gasteiger partial charge on any atom is 0.201 e. The zero-order valence-corrected chi connectivity index (χ0v) is 8.58. The van der Waals surface area contributed by atoms with Gasteiger partial charge in [-0.3, -0.25) is 0 Å². The second-order valence-corrected chi connectivity index (χ2v) is 4.18. The smallest absolute Gasteiger partial charge is 0.201 e. The number of hydrogen-bond donors (Lipinski definition) is 1. The number of hydrogen-bond acceptors (Lipinski definition) is 2. The number of nitrogen functional groups attached to an aromatic ring is 1. The molecule has 2 N–H and O–H groups in total. The zero-order valence-electron chi connectivity index (χ0n) is 8.58. The molecule has 0 spiro atoms. The van der Waals surface area contributed by atoms with Crippen molar-refractivity contribution in [2.75, 3.05) is 5.73 Å². The predicted molar refractivity (Wildman–Crippen MR) is 56.9 cm³/mol. The molecular formula is C11H11F2N3. The summed E-state index contributed by atoms with van der Waals surface area (Å²) in [6.45, 7) is 0. The molecule has 1 aromatic carbocycles. The number of halogens is 2. The van der Waals surface area contributed by atoms with Gasteiger partial charge in [0.1, 0.15) is 11.3 Å². The van der Waals surface area contributed by atoms with Crippen LogP contribution in [-0.4, -0.2) is 9.55 Å². The van der Waals surface area contributed by atoms with Crippen molar-refractivity contribution in [2.24, 2.45) is 0 Å². The van der Waals surface area contributed by atoms with Gasteiger partial charge in [-0.1, -0.05) is 0 Å². The fourth-order valence-electron chi connectivity index (χ4n) is 2.17. The van der Waals surface area contributed by atoms with Crippen LogP contribution in [0.1, 0.15) is 25.3 Å². The molecule has 0 aliphatic heterocycles. The van der Waals surface area contributed by atoms with Gasteiger partial charge >= 0.3 is 0 Å². The van der Waals surface area contributed by atoms with E-state index in [2.05, 4.69) is 4.98 Å². The first-order valence-corrected chi connectivity index (χ1v) is 5.29. The maximum atomic E-state index is 13.5. The molecule has 0 atom stereocenters. The molecular weight excluding hydrogens is 212 g/mol. The van der Waals surface area contributed by atoms with Crippen molar-refractivity contribution < 1.29 is 8.78 Å². The third-order valence-corrected chi connectivity index (χ3v) is 3.18. The number of benzene rings is 1. The van der Waals surface area contributed by atoms with Gasteiger partial charge in [0.05, 0.1) is 5.52 Å². The fraction of sp³-hybridized carbons (Fsp3) is 0.364. The van der Waals surface area contributed by atoms with Crippen LogP contribution in [0.15, 0.2) is 12.1 Å². The van der Waals surface area contributed by atoms with Gasteiger partial charge in [0.2, 0.25) is 5.95 Å². The Labute approximate surface area is 90.9 Å². The Balaban J connectivity index is 2.29. The van der Waals surface area contributed by atoms with E-state index < -0.39 is 11.6 Å². The number of imidazole rings is 1. The van der Waals surface area contributed by atoms with Crippen LogP contribution in [0.25, 0.3) is 11.0 Å². The van der Waals surface area contributed by atoms with Gasteiger partial charge in [-0.05, 0) is 19.3 Å². The molecule has 3 rings (SSSR count). The zero-order chi connectivity index (χ0) is 11.3. The monoisotopic (exact) mass is 223 g/mol. The van der Waals surface area contributed by atoms with E-state index in [0.29, 0.717) is 5.52 Å². The first-order chi connectivity index (χ1) is 7.66. The van der Waals surface area contributed by atoms with Crippen LogP contribution in [0.3, 0.4) is 0 Å². The molecule has 1 heterocycles. The second-order valence-electron chi connectivity index (χ2n) is 4.18. The molecule has 2 aromatic rings. The van der Waals surface area contributed by atoms with Crippen molar-refractivity contribution in [1.29, 1.82) is 0 Å². The Morgan fingerprint density at radius 2 is 2.06 bits per heavy atom. The van der Waals surface area contributed by atoms with Crippen LogP contribution in [0, 0.1) is 11.6 Å². The summed E-state index contributed by atoms with van der Waals surface area (Å²) in [4.78, 5) is 3.96. The van der Waals surface area contributed by atoms with E-state index >= 15 is 0 Å². The number of anilines is 1. The summed E-state index contributed by atoms with van der Waals surface area (Å²) in [6, 6.07) is 2.37. The summed E-state index contributed by atoms with van der Waals surface area (Å²) < 4.78 is 28.3. The number of aromatic nitrogens is 2. The summed E-state index contributed by atoms with van der Waals surface area (Å²) in [5.74, 6) is -0.977. The highest BCUT2D eigenvalue weighted by Crippen LogP contribution is 2.36. The molecule has 5 heteroatoms. The van der Waals surface area contributed by atoms with E-state index in [1.807, 2.05) is 0 Å². The molecule has 1 aliphatic rings. The minimum atomic E-state index is -0.653. The van der Waals surface area contributed by atoms with Crippen molar-refractivity contribution in [3.05, 3.63) is 23.8 Å². The number of nitrogens with two attached hydrogens (primary N) is 1. The highest BCUT2D eigenvalue weighted by atomic mass is 19.1. The van der Waals surface area contributed by atoms with Gasteiger partial charge in [-0.15, -0.1) is 0 Å². The average Bonchev–Trinajstić information content (AvgIpc) is 2.43. The lowest BCUT2D eigenvalue weighted by Gasteiger charge is -2.28. The number of fused-ring (bicyclic) bond motifs is 1. The van der Waals surface area contributed by atoms with Gasteiger partial charge in [-0.25, -0.2) is 13.8 Å². The van der Waals surface area contributed by atoms with Crippen LogP contribution < -0.4 is 5.73 Å². The molecule has 0 bridgehead atoms. The van der Waals surface area contributed by atoms with Crippen molar-refractivity contribution in [3.63, 3.8) is 0 Å². The Kier molecular flexibility index (Phi) is 1.89. The molecule has 84 valence electrons. The molecule has 0 saturated heterocycles. The van der Waals surface area contributed by atoms with Crippen molar-refractivity contribution in [3.8, 4) is 0 Å². The Morgan fingerprint density at radius 1 is 1.31 bits per heavy atom. The van der Waals surface area contributed by atoms with E-state index in [-0.39, 0.29) is 17.5 Å². The number of rotatable bonds is 1. The van der Waals surface area contributed by atoms with Gasteiger partial charge in [0, 0.05) is 18.2 Å². The van der Waals surface area contributed by atoms with Crippen LogP contribution in [0.2, 0.25) is 0 Å². The van der Waals surface area contributed by atoms with E-state index in [1.54, 1.807) is 4.57 Å². The third kappa shape index (κ3) is 1.20. The summed E-state index contributed by atoms with van der Waals surface area (Å²) in [6.07, 6.45) is 3.11. The summed E-state index contributed by atoms with van der Waals surface area (Å²) in [5.41, 5.74) is 6.36. The molecule has 16 heavy (non-hydrogen) atoms.